The van der Waals surface area contributed by atoms with Crippen molar-refractivity contribution in [2.24, 2.45) is 0 Å². The van der Waals surface area contributed by atoms with Crippen LogP contribution < -0.4 is 0 Å². The molecule has 1 rings (SSSR count). The first kappa shape index (κ1) is 8.98. The van der Waals surface area contributed by atoms with Crippen molar-refractivity contribution in [3.8, 4) is 0 Å². The summed E-state index contributed by atoms with van der Waals surface area (Å²) in [5.74, 6) is -0.119. The van der Waals surface area contributed by atoms with Gasteiger partial charge in [0.15, 0.2) is 0 Å². The van der Waals surface area contributed by atoms with E-state index in [0.29, 0.717) is 0 Å². The quantitative estimate of drug-likeness (QED) is 0.589. The van der Waals surface area contributed by atoms with Crippen LogP contribution in [-0.2, 0) is 6.42 Å². The zero-order valence-electron chi connectivity index (χ0n) is 7.52. The lowest BCUT2D eigenvalue weighted by Gasteiger charge is -2.05. The minimum Gasteiger partial charge on any atom is -0.207 e. The predicted molar refractivity (Wildman–Crippen MR) is 49.8 cm³/mol. The van der Waals surface area contributed by atoms with Gasteiger partial charge in [0.05, 0.1) is 0 Å². The summed E-state index contributed by atoms with van der Waals surface area (Å²) in [6.07, 6.45) is 2.53. The second kappa shape index (κ2) is 3.53. The zero-order valence-corrected chi connectivity index (χ0v) is 7.52. The Hall–Kier alpha value is -1.11. The van der Waals surface area contributed by atoms with Crippen LogP contribution in [0.5, 0.6) is 0 Å². The van der Waals surface area contributed by atoms with Crippen LogP contribution in [0.3, 0.4) is 0 Å². The van der Waals surface area contributed by atoms with Crippen LogP contribution in [0.25, 0.3) is 0 Å². The molecule has 1 heteroatoms. The Morgan fingerprint density at radius 3 is 2.67 bits per heavy atom. The fourth-order valence-electron chi connectivity index (χ4n) is 1.25. The molecule has 0 aromatic heterocycles. The molecule has 0 aliphatic carbocycles. The Balaban J connectivity index is 3.17. The van der Waals surface area contributed by atoms with E-state index in [-0.39, 0.29) is 5.82 Å². The summed E-state index contributed by atoms with van der Waals surface area (Å²) < 4.78 is 13.1. The van der Waals surface area contributed by atoms with Crippen molar-refractivity contribution in [3.05, 3.63) is 47.3 Å². The number of hydrogen-bond acceptors (Lipinski definition) is 0. The molecule has 0 saturated carbocycles. The van der Waals surface area contributed by atoms with Crippen LogP contribution >= 0.6 is 0 Å². The topological polar surface area (TPSA) is 0 Å². The molecule has 0 amide bonds. The highest BCUT2D eigenvalue weighted by molar-refractivity contribution is 5.33. The van der Waals surface area contributed by atoms with Gasteiger partial charge in [0, 0.05) is 0 Å². The van der Waals surface area contributed by atoms with Gasteiger partial charge in [0.1, 0.15) is 5.82 Å². The number of allylic oxidation sites excluding steroid dienone is 1. The third-order valence-electron chi connectivity index (χ3n) is 1.96. The Kier molecular flexibility index (Phi) is 2.64. The zero-order chi connectivity index (χ0) is 9.14. The Bertz CT molecular complexity index is 300. The Morgan fingerprint density at radius 1 is 1.42 bits per heavy atom. The summed E-state index contributed by atoms with van der Waals surface area (Å²) in [5.41, 5.74) is 2.73. The molecule has 1 aromatic rings. The van der Waals surface area contributed by atoms with Crippen molar-refractivity contribution in [1.82, 2.24) is 0 Å². The molecule has 0 unspecified atom stereocenters. The van der Waals surface area contributed by atoms with Gasteiger partial charge < -0.3 is 0 Å². The van der Waals surface area contributed by atoms with E-state index >= 15 is 0 Å². The molecule has 0 heterocycles. The maximum atomic E-state index is 13.1. The van der Waals surface area contributed by atoms with Gasteiger partial charge in [-0.05, 0) is 43.0 Å². The number of benzene rings is 1. The van der Waals surface area contributed by atoms with E-state index in [1.807, 2.05) is 13.0 Å². The lowest BCUT2D eigenvalue weighted by molar-refractivity contribution is 0.615. The Labute approximate surface area is 72.7 Å². The van der Waals surface area contributed by atoms with Gasteiger partial charge in [-0.25, -0.2) is 4.39 Å². The lowest BCUT2D eigenvalue weighted by atomic mass is 10.0. The van der Waals surface area contributed by atoms with Crippen molar-refractivity contribution in [2.45, 2.75) is 20.3 Å². The minimum absolute atomic E-state index is 0.119. The molecule has 0 aliphatic heterocycles. The van der Waals surface area contributed by atoms with Crippen molar-refractivity contribution in [3.63, 3.8) is 0 Å². The van der Waals surface area contributed by atoms with Gasteiger partial charge in [0.2, 0.25) is 0 Å². The molecule has 0 radical (unpaired) electrons. The molecular formula is C11H13F. The van der Waals surface area contributed by atoms with Crippen molar-refractivity contribution in [2.75, 3.05) is 0 Å². The highest BCUT2D eigenvalue weighted by Crippen LogP contribution is 2.15. The molecule has 64 valence electrons. The van der Waals surface area contributed by atoms with Crippen LogP contribution in [0.4, 0.5) is 4.39 Å². The number of aryl methyl sites for hydroxylation is 1. The van der Waals surface area contributed by atoms with E-state index in [9.17, 15) is 4.39 Å². The monoisotopic (exact) mass is 164 g/mol. The van der Waals surface area contributed by atoms with Crippen LogP contribution in [-0.4, -0.2) is 0 Å². The highest BCUT2D eigenvalue weighted by atomic mass is 19.1. The molecule has 0 aliphatic rings. The summed E-state index contributed by atoms with van der Waals surface area (Å²) in [6, 6.07) is 3.56. The second-order valence-electron chi connectivity index (χ2n) is 3.02. The third-order valence-corrected chi connectivity index (χ3v) is 1.96. The van der Waals surface area contributed by atoms with Gasteiger partial charge in [-0.2, -0.15) is 0 Å². The van der Waals surface area contributed by atoms with Crippen LogP contribution in [0.2, 0.25) is 0 Å². The van der Waals surface area contributed by atoms with E-state index in [1.54, 1.807) is 19.1 Å². The standard InChI is InChI=1S/C11H13F/c1-4-5-10-6-8(2)7-11(12)9(10)3/h4,6-7H,1,5H2,2-3H3. The van der Waals surface area contributed by atoms with Crippen molar-refractivity contribution < 1.29 is 4.39 Å². The van der Waals surface area contributed by atoms with E-state index in [4.69, 9.17) is 0 Å². The van der Waals surface area contributed by atoms with Gasteiger partial charge in [-0.3, -0.25) is 0 Å². The van der Waals surface area contributed by atoms with E-state index < -0.39 is 0 Å². The first-order valence-electron chi connectivity index (χ1n) is 4.01. The smallest absolute Gasteiger partial charge is 0.126 e. The van der Waals surface area contributed by atoms with E-state index in [2.05, 4.69) is 6.58 Å². The maximum absolute atomic E-state index is 13.1. The van der Waals surface area contributed by atoms with Crippen LogP contribution in [0.15, 0.2) is 24.8 Å². The first-order valence-corrected chi connectivity index (χ1v) is 4.01. The average Bonchev–Trinajstić information content (AvgIpc) is 2.00. The Morgan fingerprint density at radius 2 is 2.08 bits per heavy atom. The molecule has 0 bridgehead atoms. The van der Waals surface area contributed by atoms with Crippen molar-refractivity contribution >= 4 is 0 Å². The van der Waals surface area contributed by atoms with Gasteiger partial charge in [0.25, 0.3) is 0 Å². The average molecular weight is 164 g/mol. The fourth-order valence-corrected chi connectivity index (χ4v) is 1.25. The lowest BCUT2D eigenvalue weighted by Crippen LogP contribution is -1.92. The van der Waals surface area contributed by atoms with Crippen molar-refractivity contribution in [1.29, 1.82) is 0 Å². The maximum Gasteiger partial charge on any atom is 0.126 e. The molecule has 0 spiro atoms. The molecule has 0 N–H and O–H groups in total. The molecule has 1 aromatic carbocycles. The molecule has 0 nitrogen and oxygen atoms in total. The first-order chi connectivity index (χ1) is 5.65. The van der Waals surface area contributed by atoms with Gasteiger partial charge >= 0.3 is 0 Å². The number of hydrogen-bond donors (Lipinski definition) is 0. The summed E-state index contributed by atoms with van der Waals surface area (Å²) >= 11 is 0. The van der Waals surface area contributed by atoms with E-state index in [0.717, 1.165) is 23.1 Å². The number of halogens is 1. The summed E-state index contributed by atoms with van der Waals surface area (Å²) in [6.45, 7) is 7.33. The number of rotatable bonds is 2. The van der Waals surface area contributed by atoms with Gasteiger partial charge in [-0.1, -0.05) is 12.1 Å². The fraction of sp³-hybridized carbons (Fsp3) is 0.273. The summed E-state index contributed by atoms with van der Waals surface area (Å²) in [7, 11) is 0. The minimum atomic E-state index is -0.119. The molecule has 0 fully saturated rings. The van der Waals surface area contributed by atoms with Gasteiger partial charge in [-0.15, -0.1) is 6.58 Å². The molecule has 0 saturated heterocycles. The van der Waals surface area contributed by atoms with Crippen LogP contribution in [0.1, 0.15) is 16.7 Å². The summed E-state index contributed by atoms with van der Waals surface area (Å²) in [5, 5.41) is 0. The molecule has 0 atom stereocenters. The third kappa shape index (κ3) is 1.73. The normalized spacial score (nSPS) is 9.92. The SMILES string of the molecule is C=CCc1cc(C)cc(F)c1C. The summed E-state index contributed by atoms with van der Waals surface area (Å²) in [4.78, 5) is 0. The van der Waals surface area contributed by atoms with E-state index in [1.165, 1.54) is 0 Å². The highest BCUT2D eigenvalue weighted by Gasteiger charge is 2.02. The second-order valence-corrected chi connectivity index (χ2v) is 3.02. The predicted octanol–water partition coefficient (Wildman–Crippen LogP) is 3.17. The largest absolute Gasteiger partial charge is 0.207 e. The van der Waals surface area contributed by atoms with Crippen LogP contribution in [0, 0.1) is 19.7 Å². The molecule has 12 heavy (non-hydrogen) atoms. The molecular weight excluding hydrogens is 151 g/mol.